The molecule has 1 fully saturated rings. The van der Waals surface area contributed by atoms with Gasteiger partial charge in [0.05, 0.1) is 7.11 Å². The molecule has 0 spiro atoms. The minimum Gasteiger partial charge on any atom is -0.493 e. The second kappa shape index (κ2) is 9.17. The van der Waals surface area contributed by atoms with Gasteiger partial charge in [0.2, 0.25) is 0 Å². The Bertz CT molecular complexity index is 1060. The summed E-state index contributed by atoms with van der Waals surface area (Å²) in [4.78, 5) is 38.3. The maximum Gasteiger partial charge on any atom is 0.257 e. The van der Waals surface area contributed by atoms with Crippen molar-refractivity contribution >= 4 is 38.6 Å². The number of hydrogen-bond donors (Lipinski definition) is 1. The van der Waals surface area contributed by atoms with Gasteiger partial charge < -0.3 is 24.6 Å². The maximum absolute atomic E-state index is 13.0. The fourth-order valence-corrected chi connectivity index (χ4v) is 4.27. The van der Waals surface area contributed by atoms with E-state index in [0.29, 0.717) is 43.2 Å². The molecule has 0 radical (unpaired) electrons. The maximum atomic E-state index is 13.0. The third-order valence-corrected chi connectivity index (χ3v) is 6.08. The van der Waals surface area contributed by atoms with E-state index in [4.69, 9.17) is 9.47 Å². The fraction of sp³-hybridized carbons (Fsp3) is 0.333. The molecule has 3 aromatic rings. The van der Waals surface area contributed by atoms with Crippen LogP contribution in [0.3, 0.4) is 0 Å². The summed E-state index contributed by atoms with van der Waals surface area (Å²) in [6, 6.07) is 8.82. The van der Waals surface area contributed by atoms with Crippen LogP contribution in [0.4, 0.5) is 5.13 Å². The van der Waals surface area contributed by atoms with Gasteiger partial charge in [-0.1, -0.05) is 11.3 Å². The van der Waals surface area contributed by atoms with Gasteiger partial charge in [-0.3, -0.25) is 9.59 Å². The van der Waals surface area contributed by atoms with Crippen molar-refractivity contribution in [3.05, 3.63) is 42.1 Å². The molecule has 0 aliphatic carbocycles. The highest BCUT2D eigenvalue weighted by molar-refractivity contribution is 7.21. The van der Waals surface area contributed by atoms with Crippen molar-refractivity contribution in [2.24, 2.45) is 0 Å². The average Bonchev–Trinajstić information content (AvgIpc) is 3.26. The van der Waals surface area contributed by atoms with Gasteiger partial charge in [0.25, 0.3) is 11.8 Å². The minimum absolute atomic E-state index is 0.0678. The molecular formula is C21H23N5O4S. The molecule has 1 aromatic carbocycles. The zero-order valence-electron chi connectivity index (χ0n) is 17.3. The predicted octanol–water partition coefficient (Wildman–Crippen LogP) is 1.79. The van der Waals surface area contributed by atoms with Crippen molar-refractivity contribution in [3.63, 3.8) is 0 Å². The van der Waals surface area contributed by atoms with Crippen LogP contribution < -0.4 is 19.7 Å². The van der Waals surface area contributed by atoms with Crippen LogP contribution in [-0.4, -0.2) is 73.6 Å². The number of nitrogens with one attached hydrogen (secondary N) is 1. The number of thiazole rings is 1. The van der Waals surface area contributed by atoms with Crippen LogP contribution in [0.1, 0.15) is 10.4 Å². The number of carbonyl (C=O) groups is 2. The number of aromatic nitrogens is 2. The molecule has 2 aromatic heterocycles. The SMILES string of the molecule is CNC(=O)COc1ccc(C(=O)N2CCN(c3nc4cccnc4s3)CC2)cc1OC. The smallest absolute Gasteiger partial charge is 0.257 e. The number of rotatable bonds is 6. The Kier molecular flexibility index (Phi) is 6.17. The molecule has 9 nitrogen and oxygen atoms in total. The van der Waals surface area contributed by atoms with Gasteiger partial charge in [-0.25, -0.2) is 9.97 Å². The Hall–Kier alpha value is -3.40. The Morgan fingerprint density at radius 3 is 2.68 bits per heavy atom. The van der Waals surface area contributed by atoms with E-state index in [-0.39, 0.29) is 18.4 Å². The minimum atomic E-state index is -0.246. The first-order chi connectivity index (χ1) is 15.1. The van der Waals surface area contributed by atoms with Gasteiger partial charge in [-0.2, -0.15) is 0 Å². The van der Waals surface area contributed by atoms with Gasteiger partial charge in [0.15, 0.2) is 23.2 Å². The van der Waals surface area contributed by atoms with Crippen LogP contribution in [0.5, 0.6) is 11.5 Å². The first kappa shape index (κ1) is 20.9. The van der Waals surface area contributed by atoms with E-state index in [2.05, 4.69) is 20.2 Å². The zero-order valence-corrected chi connectivity index (χ0v) is 18.1. The van der Waals surface area contributed by atoms with Crippen molar-refractivity contribution < 1.29 is 19.1 Å². The Morgan fingerprint density at radius 2 is 1.97 bits per heavy atom. The van der Waals surface area contributed by atoms with Crippen molar-refractivity contribution in [1.82, 2.24) is 20.2 Å². The number of carbonyl (C=O) groups excluding carboxylic acids is 2. The molecule has 1 N–H and O–H groups in total. The van der Waals surface area contributed by atoms with Crippen LogP contribution >= 0.6 is 11.3 Å². The summed E-state index contributed by atoms with van der Waals surface area (Å²) in [5, 5.41) is 3.42. The molecule has 0 atom stereocenters. The normalized spacial score (nSPS) is 13.9. The van der Waals surface area contributed by atoms with Gasteiger partial charge in [-0.15, -0.1) is 0 Å². The number of piperazine rings is 1. The summed E-state index contributed by atoms with van der Waals surface area (Å²) in [7, 11) is 3.04. The highest BCUT2D eigenvalue weighted by atomic mass is 32.1. The number of amides is 2. The van der Waals surface area contributed by atoms with Crippen LogP contribution in [0.15, 0.2) is 36.5 Å². The number of methoxy groups -OCH3 is 1. The monoisotopic (exact) mass is 441 g/mol. The molecule has 3 heterocycles. The zero-order chi connectivity index (χ0) is 21.8. The van der Waals surface area contributed by atoms with Crippen molar-refractivity contribution in [3.8, 4) is 11.5 Å². The standard InChI is InChI=1S/C21H23N5O4S/c1-22-18(27)13-30-16-6-5-14(12-17(16)29-2)20(28)25-8-10-26(11-9-25)21-24-15-4-3-7-23-19(15)31-21/h3-7,12H,8-11,13H2,1-2H3,(H,22,27). The molecule has 0 unspecified atom stereocenters. The van der Waals surface area contributed by atoms with E-state index >= 15 is 0 Å². The van der Waals surface area contributed by atoms with Crippen LogP contribution in [0.2, 0.25) is 0 Å². The van der Waals surface area contributed by atoms with Gasteiger partial charge in [-0.05, 0) is 30.3 Å². The number of hydrogen-bond acceptors (Lipinski definition) is 8. The summed E-state index contributed by atoms with van der Waals surface area (Å²) < 4.78 is 10.8. The lowest BCUT2D eigenvalue weighted by molar-refractivity contribution is -0.122. The third-order valence-electron chi connectivity index (χ3n) is 5.04. The Balaban J connectivity index is 1.40. The van der Waals surface area contributed by atoms with Crippen LogP contribution in [0, 0.1) is 0 Å². The molecular weight excluding hydrogens is 418 g/mol. The van der Waals surface area contributed by atoms with Crippen LogP contribution in [-0.2, 0) is 4.79 Å². The number of anilines is 1. The quantitative estimate of drug-likeness (QED) is 0.623. The second-order valence-corrected chi connectivity index (χ2v) is 7.89. The Morgan fingerprint density at radius 1 is 1.16 bits per heavy atom. The fourth-order valence-electron chi connectivity index (χ4n) is 3.31. The van der Waals surface area contributed by atoms with Crippen molar-refractivity contribution in [1.29, 1.82) is 0 Å². The third kappa shape index (κ3) is 4.53. The highest BCUT2D eigenvalue weighted by Gasteiger charge is 2.25. The number of benzene rings is 1. The summed E-state index contributed by atoms with van der Waals surface area (Å²) in [6.07, 6.45) is 1.77. The summed E-state index contributed by atoms with van der Waals surface area (Å²) in [6.45, 7) is 2.48. The Labute approximate surface area is 183 Å². The van der Waals surface area contributed by atoms with E-state index < -0.39 is 0 Å². The second-order valence-electron chi connectivity index (χ2n) is 6.93. The average molecular weight is 442 g/mol. The molecule has 0 bridgehead atoms. The van der Waals surface area contributed by atoms with E-state index in [9.17, 15) is 9.59 Å². The first-order valence-corrected chi connectivity index (χ1v) is 10.7. The molecule has 1 aliphatic heterocycles. The molecule has 31 heavy (non-hydrogen) atoms. The topological polar surface area (TPSA) is 96.9 Å². The lowest BCUT2D eigenvalue weighted by Crippen LogP contribution is -2.48. The van der Waals surface area contributed by atoms with Gasteiger partial charge in [0.1, 0.15) is 10.3 Å². The predicted molar refractivity (Wildman–Crippen MR) is 118 cm³/mol. The molecule has 1 saturated heterocycles. The first-order valence-electron chi connectivity index (χ1n) is 9.86. The lowest BCUT2D eigenvalue weighted by atomic mass is 10.1. The van der Waals surface area contributed by atoms with E-state index in [1.54, 1.807) is 35.7 Å². The summed E-state index contributed by atoms with van der Waals surface area (Å²) in [5.41, 5.74) is 1.41. The van der Waals surface area contributed by atoms with Gasteiger partial charge >= 0.3 is 0 Å². The van der Waals surface area contributed by atoms with E-state index in [1.807, 2.05) is 17.0 Å². The van der Waals surface area contributed by atoms with E-state index in [0.717, 1.165) is 15.5 Å². The lowest BCUT2D eigenvalue weighted by Gasteiger charge is -2.34. The largest absolute Gasteiger partial charge is 0.493 e. The van der Waals surface area contributed by atoms with Gasteiger partial charge in [0, 0.05) is 45.0 Å². The van der Waals surface area contributed by atoms with Crippen molar-refractivity contribution in [2.45, 2.75) is 0 Å². The molecule has 10 heteroatoms. The number of likely N-dealkylation sites (N-methyl/N-ethyl adjacent to an activating group) is 1. The molecule has 162 valence electrons. The molecule has 2 amide bonds. The number of nitrogens with zero attached hydrogens (tertiary/aromatic N) is 4. The van der Waals surface area contributed by atoms with E-state index in [1.165, 1.54) is 14.2 Å². The van der Waals surface area contributed by atoms with Crippen molar-refractivity contribution in [2.75, 3.05) is 51.8 Å². The highest BCUT2D eigenvalue weighted by Crippen LogP contribution is 2.30. The molecule has 4 rings (SSSR count). The number of pyridine rings is 1. The number of ether oxygens (including phenoxy) is 2. The molecule has 1 aliphatic rings. The number of fused-ring (bicyclic) bond motifs is 1. The van der Waals surface area contributed by atoms with Crippen LogP contribution in [0.25, 0.3) is 10.3 Å². The summed E-state index contributed by atoms with van der Waals surface area (Å²) in [5.74, 6) is 0.512. The molecule has 0 saturated carbocycles. The summed E-state index contributed by atoms with van der Waals surface area (Å²) >= 11 is 1.57.